The number of rotatable bonds is 6. The van der Waals surface area contributed by atoms with Gasteiger partial charge in [0.25, 0.3) is 6.17 Å². The Bertz CT molecular complexity index is 522. The largest absolute Gasteiger partial charge is 0.467 e. The van der Waals surface area contributed by atoms with E-state index in [0.29, 0.717) is 6.07 Å². The summed E-state index contributed by atoms with van der Waals surface area (Å²) >= 11 is 0. The fourth-order valence-corrected chi connectivity index (χ4v) is 1.46. The van der Waals surface area contributed by atoms with Crippen molar-refractivity contribution in [3.63, 3.8) is 0 Å². The first-order chi connectivity index (χ1) is 9.35. The van der Waals surface area contributed by atoms with Crippen LogP contribution in [0.4, 0.5) is 13.2 Å². The highest BCUT2D eigenvalue weighted by atomic mass is 19.1. The van der Waals surface area contributed by atoms with Crippen LogP contribution in [0, 0.1) is 11.6 Å². The van der Waals surface area contributed by atoms with E-state index in [1.807, 2.05) is 0 Å². The molecule has 0 spiro atoms. The topological polar surface area (TPSA) is 60.4 Å². The van der Waals surface area contributed by atoms with Crippen LogP contribution < -0.4 is 0 Å². The Kier molecular flexibility index (Phi) is 5.42. The van der Waals surface area contributed by atoms with Gasteiger partial charge in [0.15, 0.2) is 11.6 Å². The molecule has 4 nitrogen and oxygen atoms in total. The Balaban J connectivity index is 2.63. The zero-order valence-corrected chi connectivity index (χ0v) is 10.5. The second-order valence-electron chi connectivity index (χ2n) is 3.93. The number of ether oxygens (including phenoxy) is 1. The quantitative estimate of drug-likeness (QED) is 0.456. The molecule has 0 saturated heterocycles. The van der Waals surface area contributed by atoms with E-state index < -0.39 is 48.2 Å². The molecule has 1 unspecified atom stereocenters. The van der Waals surface area contributed by atoms with Crippen molar-refractivity contribution < 1.29 is 32.3 Å². The second kappa shape index (κ2) is 6.83. The molecule has 0 amide bonds. The number of ketones is 2. The average molecular weight is 288 g/mol. The van der Waals surface area contributed by atoms with Crippen LogP contribution in [0.3, 0.4) is 0 Å². The van der Waals surface area contributed by atoms with Gasteiger partial charge in [-0.1, -0.05) is 0 Å². The summed E-state index contributed by atoms with van der Waals surface area (Å²) in [7, 11) is 0.920. The molecule has 0 aliphatic heterocycles. The third kappa shape index (κ3) is 4.18. The molecule has 1 aromatic rings. The second-order valence-corrected chi connectivity index (χ2v) is 3.93. The maximum absolute atomic E-state index is 13.1. The molecular formula is C13H11F3O4. The van der Waals surface area contributed by atoms with E-state index in [0.717, 1.165) is 19.2 Å². The fourth-order valence-electron chi connectivity index (χ4n) is 1.46. The molecule has 0 bridgehead atoms. The molecule has 0 fully saturated rings. The maximum atomic E-state index is 13.1. The molecular weight excluding hydrogens is 277 g/mol. The zero-order valence-electron chi connectivity index (χ0n) is 10.5. The Morgan fingerprint density at radius 3 is 2.15 bits per heavy atom. The van der Waals surface area contributed by atoms with Gasteiger partial charge in [-0.05, 0) is 12.1 Å². The molecule has 0 N–H and O–H groups in total. The number of esters is 1. The van der Waals surface area contributed by atoms with E-state index in [9.17, 15) is 27.6 Å². The molecule has 0 heterocycles. The van der Waals surface area contributed by atoms with Crippen LogP contribution in [0.15, 0.2) is 18.2 Å². The van der Waals surface area contributed by atoms with Crippen molar-refractivity contribution in [3.05, 3.63) is 35.4 Å². The summed E-state index contributed by atoms with van der Waals surface area (Å²) in [5.41, 5.74) is -0.260. The lowest BCUT2D eigenvalue weighted by atomic mass is 10.0. The van der Waals surface area contributed by atoms with E-state index in [-0.39, 0.29) is 5.56 Å². The van der Waals surface area contributed by atoms with Crippen molar-refractivity contribution in [2.75, 3.05) is 7.11 Å². The van der Waals surface area contributed by atoms with Gasteiger partial charge in [-0.3, -0.25) is 9.59 Å². The number of benzene rings is 1. The lowest BCUT2D eigenvalue weighted by Crippen LogP contribution is -2.27. The van der Waals surface area contributed by atoms with Gasteiger partial charge in [-0.2, -0.15) is 0 Å². The van der Waals surface area contributed by atoms with Crippen molar-refractivity contribution in [1.29, 1.82) is 0 Å². The summed E-state index contributed by atoms with van der Waals surface area (Å²) in [5.74, 6) is -5.06. The summed E-state index contributed by atoms with van der Waals surface area (Å²) in [4.78, 5) is 33.6. The third-order valence-electron chi connectivity index (χ3n) is 2.47. The molecule has 0 aliphatic carbocycles. The predicted octanol–water partition coefficient (Wildman–Crippen LogP) is 2.01. The van der Waals surface area contributed by atoms with Crippen molar-refractivity contribution in [3.8, 4) is 0 Å². The summed E-state index contributed by atoms with van der Waals surface area (Å²) in [6.45, 7) is 0. The van der Waals surface area contributed by atoms with Gasteiger partial charge < -0.3 is 4.74 Å². The SMILES string of the molecule is COC(=O)C(F)C(=O)CCC(=O)c1cc(F)cc(F)c1. The molecule has 0 aromatic heterocycles. The first-order valence-electron chi connectivity index (χ1n) is 5.59. The highest BCUT2D eigenvalue weighted by Gasteiger charge is 2.27. The third-order valence-corrected chi connectivity index (χ3v) is 2.47. The maximum Gasteiger partial charge on any atom is 0.348 e. The highest BCUT2D eigenvalue weighted by Crippen LogP contribution is 2.12. The first kappa shape index (κ1) is 15.9. The smallest absolute Gasteiger partial charge is 0.348 e. The summed E-state index contributed by atoms with van der Waals surface area (Å²) < 4.78 is 42.9. The van der Waals surface area contributed by atoms with Crippen LogP contribution in [0.1, 0.15) is 23.2 Å². The fraction of sp³-hybridized carbons (Fsp3) is 0.308. The van der Waals surface area contributed by atoms with Crippen LogP contribution in [-0.4, -0.2) is 30.8 Å². The molecule has 7 heteroatoms. The van der Waals surface area contributed by atoms with Gasteiger partial charge >= 0.3 is 5.97 Å². The predicted molar refractivity (Wildman–Crippen MR) is 61.8 cm³/mol. The van der Waals surface area contributed by atoms with Crippen molar-refractivity contribution in [1.82, 2.24) is 0 Å². The molecule has 0 aliphatic rings. The van der Waals surface area contributed by atoms with E-state index in [1.165, 1.54) is 0 Å². The van der Waals surface area contributed by atoms with Crippen LogP contribution in [-0.2, 0) is 14.3 Å². The van der Waals surface area contributed by atoms with Gasteiger partial charge in [0, 0.05) is 24.5 Å². The first-order valence-corrected chi connectivity index (χ1v) is 5.59. The molecule has 0 radical (unpaired) electrons. The summed E-state index contributed by atoms with van der Waals surface area (Å²) in [6, 6.07) is 2.21. The van der Waals surface area contributed by atoms with Gasteiger partial charge in [-0.25, -0.2) is 18.0 Å². The standard InChI is InChI=1S/C13H11F3O4/c1-20-13(19)12(16)11(18)3-2-10(17)7-4-8(14)6-9(15)5-7/h4-6,12H,2-3H2,1H3. The molecule has 0 saturated carbocycles. The van der Waals surface area contributed by atoms with E-state index in [1.54, 1.807) is 0 Å². The number of halogens is 3. The average Bonchev–Trinajstić information content (AvgIpc) is 2.41. The summed E-state index contributed by atoms with van der Waals surface area (Å²) in [6.07, 6.45) is -3.48. The van der Waals surface area contributed by atoms with E-state index >= 15 is 0 Å². The zero-order chi connectivity index (χ0) is 15.3. The normalized spacial score (nSPS) is 11.8. The van der Waals surface area contributed by atoms with Crippen molar-refractivity contribution in [2.24, 2.45) is 0 Å². The van der Waals surface area contributed by atoms with Crippen LogP contribution >= 0.6 is 0 Å². The molecule has 1 rings (SSSR count). The summed E-state index contributed by atoms with van der Waals surface area (Å²) in [5, 5.41) is 0. The molecule has 1 aromatic carbocycles. The van der Waals surface area contributed by atoms with Gasteiger partial charge in [-0.15, -0.1) is 0 Å². The van der Waals surface area contributed by atoms with E-state index in [2.05, 4.69) is 4.74 Å². The minimum atomic E-state index is -2.46. The molecule has 108 valence electrons. The van der Waals surface area contributed by atoms with Crippen molar-refractivity contribution in [2.45, 2.75) is 19.0 Å². The lowest BCUT2D eigenvalue weighted by Gasteiger charge is -2.05. The minimum absolute atomic E-state index is 0.260. The van der Waals surface area contributed by atoms with Gasteiger partial charge in [0.2, 0.25) is 0 Å². The van der Waals surface area contributed by atoms with Crippen LogP contribution in [0.25, 0.3) is 0 Å². The number of hydrogen-bond acceptors (Lipinski definition) is 4. The Morgan fingerprint density at radius 2 is 1.65 bits per heavy atom. The number of methoxy groups -OCH3 is 1. The van der Waals surface area contributed by atoms with Crippen LogP contribution in [0.5, 0.6) is 0 Å². The Morgan fingerprint density at radius 1 is 1.10 bits per heavy atom. The minimum Gasteiger partial charge on any atom is -0.467 e. The van der Waals surface area contributed by atoms with E-state index in [4.69, 9.17) is 0 Å². The van der Waals surface area contributed by atoms with Crippen molar-refractivity contribution >= 4 is 17.5 Å². The number of alkyl halides is 1. The molecule has 1 atom stereocenters. The molecule has 20 heavy (non-hydrogen) atoms. The van der Waals surface area contributed by atoms with Gasteiger partial charge in [0.1, 0.15) is 11.6 Å². The van der Waals surface area contributed by atoms with Crippen LogP contribution in [0.2, 0.25) is 0 Å². The number of carbonyl (C=O) groups excluding carboxylic acids is 3. The lowest BCUT2D eigenvalue weighted by molar-refractivity contribution is -0.150. The Labute approximate surface area is 112 Å². The monoisotopic (exact) mass is 288 g/mol. The van der Waals surface area contributed by atoms with Gasteiger partial charge in [0.05, 0.1) is 7.11 Å². The Hall–Kier alpha value is -2.18. The number of carbonyl (C=O) groups is 3. The highest BCUT2D eigenvalue weighted by molar-refractivity contribution is 6.04. The number of hydrogen-bond donors (Lipinski definition) is 0. The number of Topliss-reactive ketones (excluding diaryl/α,β-unsaturated/α-hetero) is 2.